The standard InChI is InChI=1S/C19H22N2O2S/c1-13(2)23-17-10-8-16(9-11-17)20-19(24)21-18(22)12-15-7-5-4-6-14(15)3/h4-11,13H,12H2,1-3H3,(H2,20,21,22,24). The molecule has 2 rings (SSSR count). The lowest BCUT2D eigenvalue weighted by molar-refractivity contribution is -0.119. The number of hydrogen-bond acceptors (Lipinski definition) is 3. The summed E-state index contributed by atoms with van der Waals surface area (Å²) in [5.74, 6) is 0.659. The molecule has 126 valence electrons. The van der Waals surface area contributed by atoms with Crippen LogP contribution in [0.2, 0.25) is 0 Å². The molecular weight excluding hydrogens is 320 g/mol. The van der Waals surface area contributed by atoms with Gasteiger partial charge in [0.1, 0.15) is 5.75 Å². The molecule has 0 fully saturated rings. The van der Waals surface area contributed by atoms with Crippen molar-refractivity contribution in [3.8, 4) is 5.75 Å². The summed E-state index contributed by atoms with van der Waals surface area (Å²) < 4.78 is 5.59. The van der Waals surface area contributed by atoms with Crippen molar-refractivity contribution in [2.75, 3.05) is 5.32 Å². The van der Waals surface area contributed by atoms with E-state index in [1.807, 2.05) is 69.3 Å². The van der Waals surface area contributed by atoms with Gasteiger partial charge in [-0.1, -0.05) is 24.3 Å². The molecule has 0 atom stereocenters. The highest BCUT2D eigenvalue weighted by Gasteiger charge is 2.08. The number of ether oxygens (including phenoxy) is 1. The number of hydrogen-bond donors (Lipinski definition) is 2. The topological polar surface area (TPSA) is 50.4 Å². The zero-order chi connectivity index (χ0) is 17.5. The molecule has 0 heterocycles. The Balaban J connectivity index is 1.86. The molecule has 0 aliphatic rings. The third-order valence-electron chi connectivity index (χ3n) is 3.35. The molecule has 0 aliphatic carbocycles. The van der Waals surface area contributed by atoms with Gasteiger partial charge in [-0.2, -0.15) is 0 Å². The van der Waals surface area contributed by atoms with Crippen molar-refractivity contribution in [3.63, 3.8) is 0 Å². The van der Waals surface area contributed by atoms with E-state index in [2.05, 4.69) is 10.6 Å². The molecule has 0 aromatic heterocycles. The largest absolute Gasteiger partial charge is 0.491 e. The van der Waals surface area contributed by atoms with Crippen LogP contribution in [0.5, 0.6) is 5.75 Å². The summed E-state index contributed by atoms with van der Waals surface area (Å²) in [5, 5.41) is 5.98. The molecule has 2 aromatic carbocycles. The first-order valence-electron chi connectivity index (χ1n) is 7.86. The number of nitrogens with one attached hydrogen (secondary N) is 2. The van der Waals surface area contributed by atoms with Crippen LogP contribution < -0.4 is 15.4 Å². The zero-order valence-electron chi connectivity index (χ0n) is 14.1. The summed E-state index contributed by atoms with van der Waals surface area (Å²) in [6.45, 7) is 5.94. The van der Waals surface area contributed by atoms with E-state index >= 15 is 0 Å². The molecule has 2 N–H and O–H groups in total. The van der Waals surface area contributed by atoms with Crippen LogP contribution >= 0.6 is 12.2 Å². The van der Waals surface area contributed by atoms with Gasteiger partial charge in [-0.15, -0.1) is 0 Å². The van der Waals surface area contributed by atoms with E-state index in [-0.39, 0.29) is 17.1 Å². The van der Waals surface area contributed by atoms with Crippen LogP contribution in [0.4, 0.5) is 5.69 Å². The third-order valence-corrected chi connectivity index (χ3v) is 3.55. The Morgan fingerprint density at radius 1 is 1.12 bits per heavy atom. The maximum Gasteiger partial charge on any atom is 0.230 e. The van der Waals surface area contributed by atoms with Crippen LogP contribution in [-0.2, 0) is 11.2 Å². The molecule has 1 amide bonds. The van der Waals surface area contributed by atoms with Crippen LogP contribution in [0, 0.1) is 6.92 Å². The number of benzene rings is 2. The van der Waals surface area contributed by atoms with Gasteiger partial charge in [-0.25, -0.2) is 0 Å². The molecule has 2 aromatic rings. The zero-order valence-corrected chi connectivity index (χ0v) is 14.9. The van der Waals surface area contributed by atoms with Crippen molar-refractivity contribution in [2.45, 2.75) is 33.3 Å². The van der Waals surface area contributed by atoms with Crippen molar-refractivity contribution in [3.05, 3.63) is 59.7 Å². The van der Waals surface area contributed by atoms with Gasteiger partial charge in [0.05, 0.1) is 12.5 Å². The average Bonchev–Trinajstić information content (AvgIpc) is 2.51. The number of carbonyl (C=O) groups excluding carboxylic acids is 1. The van der Waals surface area contributed by atoms with Crippen molar-refractivity contribution in [2.24, 2.45) is 0 Å². The van der Waals surface area contributed by atoms with E-state index in [9.17, 15) is 4.79 Å². The Morgan fingerprint density at radius 2 is 1.79 bits per heavy atom. The van der Waals surface area contributed by atoms with Gasteiger partial charge in [-0.3, -0.25) is 4.79 Å². The number of amides is 1. The predicted octanol–water partition coefficient (Wildman–Crippen LogP) is 3.84. The van der Waals surface area contributed by atoms with Crippen molar-refractivity contribution in [1.29, 1.82) is 0 Å². The first-order valence-corrected chi connectivity index (χ1v) is 8.27. The van der Waals surface area contributed by atoms with E-state index in [0.29, 0.717) is 6.42 Å². The minimum Gasteiger partial charge on any atom is -0.491 e. The van der Waals surface area contributed by atoms with Crippen LogP contribution in [0.1, 0.15) is 25.0 Å². The van der Waals surface area contributed by atoms with Crippen LogP contribution in [-0.4, -0.2) is 17.1 Å². The highest BCUT2D eigenvalue weighted by molar-refractivity contribution is 7.80. The summed E-state index contributed by atoms with van der Waals surface area (Å²) in [6.07, 6.45) is 0.431. The molecule has 0 unspecified atom stereocenters. The molecule has 0 spiro atoms. The van der Waals surface area contributed by atoms with E-state index < -0.39 is 0 Å². The number of carbonyl (C=O) groups is 1. The number of rotatable bonds is 5. The van der Waals surface area contributed by atoms with Crippen molar-refractivity contribution in [1.82, 2.24) is 5.32 Å². The molecule has 24 heavy (non-hydrogen) atoms. The van der Waals surface area contributed by atoms with E-state index in [4.69, 9.17) is 17.0 Å². The van der Waals surface area contributed by atoms with Gasteiger partial charge in [-0.05, 0) is 68.4 Å². The quantitative estimate of drug-likeness (QED) is 0.811. The first kappa shape index (κ1) is 17.9. The van der Waals surface area contributed by atoms with Crippen LogP contribution in [0.25, 0.3) is 0 Å². The Bertz CT molecular complexity index is 712. The lowest BCUT2D eigenvalue weighted by Crippen LogP contribution is -2.35. The summed E-state index contributed by atoms with van der Waals surface area (Å²) in [5.41, 5.74) is 2.88. The molecule has 5 heteroatoms. The van der Waals surface area contributed by atoms with Crippen LogP contribution in [0.15, 0.2) is 48.5 Å². The summed E-state index contributed by atoms with van der Waals surface area (Å²) in [7, 11) is 0. The highest BCUT2D eigenvalue weighted by Crippen LogP contribution is 2.16. The normalized spacial score (nSPS) is 10.3. The van der Waals surface area contributed by atoms with E-state index in [1.165, 1.54) is 0 Å². The molecular formula is C19H22N2O2S. The van der Waals surface area contributed by atoms with Crippen molar-refractivity contribution < 1.29 is 9.53 Å². The Hall–Kier alpha value is -2.40. The molecule has 4 nitrogen and oxygen atoms in total. The Kier molecular flexibility index (Phi) is 6.32. The fourth-order valence-corrected chi connectivity index (χ4v) is 2.44. The maximum absolute atomic E-state index is 12.1. The molecule has 0 saturated carbocycles. The lowest BCUT2D eigenvalue weighted by Gasteiger charge is -2.12. The Morgan fingerprint density at radius 3 is 2.42 bits per heavy atom. The second-order valence-corrected chi connectivity index (χ2v) is 6.20. The average molecular weight is 342 g/mol. The number of thiocarbonyl (C=S) groups is 1. The monoisotopic (exact) mass is 342 g/mol. The third kappa shape index (κ3) is 5.66. The molecule has 0 saturated heterocycles. The number of aryl methyl sites for hydroxylation is 1. The van der Waals surface area contributed by atoms with E-state index in [0.717, 1.165) is 22.6 Å². The lowest BCUT2D eigenvalue weighted by atomic mass is 10.1. The fraction of sp³-hybridized carbons (Fsp3) is 0.263. The summed E-state index contributed by atoms with van der Waals surface area (Å²) >= 11 is 5.19. The smallest absolute Gasteiger partial charge is 0.230 e. The predicted molar refractivity (Wildman–Crippen MR) is 101 cm³/mol. The molecule has 0 radical (unpaired) electrons. The van der Waals surface area contributed by atoms with Crippen LogP contribution in [0.3, 0.4) is 0 Å². The fourth-order valence-electron chi connectivity index (χ4n) is 2.20. The Labute approximate surface area is 148 Å². The van der Waals surface area contributed by atoms with Gasteiger partial charge < -0.3 is 15.4 Å². The number of anilines is 1. The molecule has 0 bridgehead atoms. The van der Waals surface area contributed by atoms with Gasteiger partial charge in [0.25, 0.3) is 0 Å². The minimum atomic E-state index is -0.137. The first-order chi connectivity index (χ1) is 11.4. The van der Waals surface area contributed by atoms with Crippen molar-refractivity contribution >= 4 is 28.9 Å². The molecule has 0 aliphatic heterocycles. The van der Waals surface area contributed by atoms with Gasteiger partial charge >= 0.3 is 0 Å². The minimum absolute atomic E-state index is 0.130. The maximum atomic E-state index is 12.1. The van der Waals surface area contributed by atoms with E-state index in [1.54, 1.807) is 0 Å². The van der Waals surface area contributed by atoms with Gasteiger partial charge in [0, 0.05) is 5.69 Å². The van der Waals surface area contributed by atoms with Gasteiger partial charge in [0.15, 0.2) is 5.11 Å². The second kappa shape index (κ2) is 8.45. The second-order valence-electron chi connectivity index (χ2n) is 5.80. The SMILES string of the molecule is Cc1ccccc1CC(=O)NC(=S)Nc1ccc(OC(C)C)cc1. The summed E-state index contributed by atoms with van der Waals surface area (Å²) in [6, 6.07) is 15.2. The highest BCUT2D eigenvalue weighted by atomic mass is 32.1. The van der Waals surface area contributed by atoms with Gasteiger partial charge in [0.2, 0.25) is 5.91 Å². The summed E-state index contributed by atoms with van der Waals surface area (Å²) in [4.78, 5) is 12.1.